The van der Waals surface area contributed by atoms with Crippen LogP contribution in [0.4, 0.5) is 4.79 Å². The number of carbonyl (C=O) groups excluding carboxylic acids is 1. The van der Waals surface area contributed by atoms with E-state index in [4.69, 9.17) is 5.73 Å². The van der Waals surface area contributed by atoms with E-state index in [1.807, 2.05) is 4.90 Å². The Bertz CT molecular complexity index is 183. The summed E-state index contributed by atoms with van der Waals surface area (Å²) in [5.74, 6) is 0. The summed E-state index contributed by atoms with van der Waals surface area (Å²) in [6.45, 7) is 6.08. The molecular formula is C14H30N2O. The molecule has 0 saturated carbocycles. The summed E-state index contributed by atoms with van der Waals surface area (Å²) < 4.78 is 0. The zero-order valence-electron chi connectivity index (χ0n) is 11.7. The summed E-state index contributed by atoms with van der Waals surface area (Å²) in [6, 6.07) is -0.253. The Labute approximate surface area is 107 Å². The quantitative estimate of drug-likeness (QED) is 0.548. The van der Waals surface area contributed by atoms with Crippen LogP contribution in [0.5, 0.6) is 0 Å². The van der Waals surface area contributed by atoms with Gasteiger partial charge in [0.2, 0.25) is 0 Å². The topological polar surface area (TPSA) is 46.3 Å². The summed E-state index contributed by atoms with van der Waals surface area (Å²) in [6.07, 6.45) is 10.9. The Hall–Kier alpha value is -0.730. The molecule has 0 rings (SSSR count). The summed E-state index contributed by atoms with van der Waals surface area (Å²) in [5, 5.41) is 0. The predicted octanol–water partition coefficient (Wildman–Crippen LogP) is 3.92. The van der Waals surface area contributed by atoms with E-state index in [-0.39, 0.29) is 6.03 Å². The number of amides is 2. The van der Waals surface area contributed by atoms with Crippen LogP contribution in [-0.4, -0.2) is 24.0 Å². The number of primary amides is 1. The molecule has 3 heteroatoms. The third-order valence-electron chi connectivity index (χ3n) is 3.12. The highest BCUT2D eigenvalue weighted by atomic mass is 16.2. The van der Waals surface area contributed by atoms with Crippen molar-refractivity contribution in [3.8, 4) is 0 Å². The van der Waals surface area contributed by atoms with Gasteiger partial charge in [-0.15, -0.1) is 0 Å². The van der Waals surface area contributed by atoms with Gasteiger partial charge in [0.25, 0.3) is 0 Å². The normalized spacial score (nSPS) is 10.5. The molecule has 3 nitrogen and oxygen atoms in total. The highest BCUT2D eigenvalue weighted by Gasteiger charge is 2.07. The molecular weight excluding hydrogens is 212 g/mol. The van der Waals surface area contributed by atoms with Crippen molar-refractivity contribution in [1.82, 2.24) is 4.90 Å². The van der Waals surface area contributed by atoms with Gasteiger partial charge in [0.15, 0.2) is 0 Å². The Kier molecular flexibility index (Phi) is 11.2. The van der Waals surface area contributed by atoms with Crippen molar-refractivity contribution in [2.45, 2.75) is 71.6 Å². The average Bonchev–Trinajstić information content (AvgIpc) is 2.31. The molecule has 0 aliphatic heterocycles. The van der Waals surface area contributed by atoms with Gasteiger partial charge in [0.05, 0.1) is 0 Å². The van der Waals surface area contributed by atoms with Gasteiger partial charge in [-0.3, -0.25) is 0 Å². The lowest BCUT2D eigenvalue weighted by atomic mass is 10.1. The number of unbranched alkanes of at least 4 members (excludes halogenated alkanes) is 7. The molecule has 0 fully saturated rings. The van der Waals surface area contributed by atoms with Crippen molar-refractivity contribution in [2.24, 2.45) is 5.73 Å². The van der Waals surface area contributed by atoms with Crippen LogP contribution in [0, 0.1) is 0 Å². The third kappa shape index (κ3) is 10.2. The third-order valence-corrected chi connectivity index (χ3v) is 3.12. The molecule has 0 saturated heterocycles. The fraction of sp³-hybridized carbons (Fsp3) is 0.929. The van der Waals surface area contributed by atoms with Gasteiger partial charge in [-0.2, -0.15) is 0 Å². The molecule has 0 aromatic carbocycles. The largest absolute Gasteiger partial charge is 0.351 e. The summed E-state index contributed by atoms with van der Waals surface area (Å²) in [4.78, 5) is 13.0. The molecule has 0 bridgehead atoms. The van der Waals surface area contributed by atoms with Crippen molar-refractivity contribution in [3.05, 3.63) is 0 Å². The first-order valence-corrected chi connectivity index (χ1v) is 7.26. The molecule has 0 spiro atoms. The molecule has 17 heavy (non-hydrogen) atoms. The van der Waals surface area contributed by atoms with Crippen LogP contribution in [-0.2, 0) is 0 Å². The number of hydrogen-bond acceptors (Lipinski definition) is 1. The smallest absolute Gasteiger partial charge is 0.314 e. The predicted molar refractivity (Wildman–Crippen MR) is 74.1 cm³/mol. The number of nitrogens with zero attached hydrogens (tertiary/aromatic N) is 1. The second-order valence-electron chi connectivity index (χ2n) is 4.80. The number of urea groups is 1. The van der Waals surface area contributed by atoms with E-state index in [1.54, 1.807) is 0 Å². The van der Waals surface area contributed by atoms with E-state index in [2.05, 4.69) is 13.8 Å². The van der Waals surface area contributed by atoms with E-state index < -0.39 is 0 Å². The van der Waals surface area contributed by atoms with Crippen LogP contribution >= 0.6 is 0 Å². The second-order valence-corrected chi connectivity index (χ2v) is 4.80. The van der Waals surface area contributed by atoms with Crippen molar-refractivity contribution >= 4 is 6.03 Å². The van der Waals surface area contributed by atoms with Gasteiger partial charge in [-0.25, -0.2) is 4.79 Å². The van der Waals surface area contributed by atoms with Gasteiger partial charge in [-0.1, -0.05) is 58.8 Å². The fourth-order valence-corrected chi connectivity index (χ4v) is 1.97. The van der Waals surface area contributed by atoms with E-state index in [1.165, 1.54) is 44.9 Å². The van der Waals surface area contributed by atoms with Crippen molar-refractivity contribution < 1.29 is 4.79 Å². The minimum atomic E-state index is -0.253. The van der Waals surface area contributed by atoms with E-state index in [0.717, 1.165) is 25.9 Å². The number of hydrogen-bond donors (Lipinski definition) is 1. The Morgan fingerprint density at radius 3 is 1.65 bits per heavy atom. The van der Waals surface area contributed by atoms with Crippen LogP contribution in [0.2, 0.25) is 0 Å². The minimum absolute atomic E-state index is 0.253. The summed E-state index contributed by atoms with van der Waals surface area (Å²) in [5.41, 5.74) is 5.38. The molecule has 2 N–H and O–H groups in total. The van der Waals surface area contributed by atoms with Crippen molar-refractivity contribution in [2.75, 3.05) is 13.1 Å². The Morgan fingerprint density at radius 1 is 0.824 bits per heavy atom. The van der Waals surface area contributed by atoms with Crippen LogP contribution in [0.3, 0.4) is 0 Å². The fourth-order valence-electron chi connectivity index (χ4n) is 1.97. The van der Waals surface area contributed by atoms with Crippen LogP contribution in [0.25, 0.3) is 0 Å². The molecule has 0 aliphatic carbocycles. The first-order chi connectivity index (χ1) is 8.22. The van der Waals surface area contributed by atoms with Gasteiger partial charge >= 0.3 is 6.03 Å². The molecule has 0 radical (unpaired) electrons. The monoisotopic (exact) mass is 242 g/mol. The first kappa shape index (κ1) is 16.3. The lowest BCUT2D eigenvalue weighted by molar-refractivity contribution is 0.205. The number of carbonyl (C=O) groups is 1. The number of rotatable bonds is 11. The molecule has 0 aromatic rings. The highest BCUT2D eigenvalue weighted by Crippen LogP contribution is 2.06. The van der Waals surface area contributed by atoms with Gasteiger partial charge in [-0.05, 0) is 12.8 Å². The van der Waals surface area contributed by atoms with Crippen LogP contribution < -0.4 is 5.73 Å². The average molecular weight is 242 g/mol. The SMILES string of the molecule is CCCCCCCN(CCCCCC)C(N)=O. The first-order valence-electron chi connectivity index (χ1n) is 7.26. The maximum Gasteiger partial charge on any atom is 0.314 e. The lowest BCUT2D eigenvalue weighted by Crippen LogP contribution is -2.37. The summed E-state index contributed by atoms with van der Waals surface area (Å²) in [7, 11) is 0. The molecule has 0 aliphatic rings. The molecule has 102 valence electrons. The van der Waals surface area contributed by atoms with Crippen molar-refractivity contribution in [1.29, 1.82) is 0 Å². The molecule has 0 heterocycles. The molecule has 2 amide bonds. The zero-order chi connectivity index (χ0) is 12.9. The Balaban J connectivity index is 3.57. The van der Waals surface area contributed by atoms with Gasteiger partial charge in [0, 0.05) is 13.1 Å². The second kappa shape index (κ2) is 11.7. The maximum absolute atomic E-state index is 11.2. The zero-order valence-corrected chi connectivity index (χ0v) is 11.7. The minimum Gasteiger partial charge on any atom is -0.351 e. The summed E-state index contributed by atoms with van der Waals surface area (Å²) >= 11 is 0. The van der Waals surface area contributed by atoms with E-state index in [9.17, 15) is 4.79 Å². The Morgan fingerprint density at radius 2 is 1.24 bits per heavy atom. The van der Waals surface area contributed by atoms with Gasteiger partial charge in [0.1, 0.15) is 0 Å². The van der Waals surface area contributed by atoms with Crippen molar-refractivity contribution in [3.63, 3.8) is 0 Å². The van der Waals surface area contributed by atoms with Crippen LogP contribution in [0.15, 0.2) is 0 Å². The lowest BCUT2D eigenvalue weighted by Gasteiger charge is -2.20. The standard InChI is InChI=1S/C14H30N2O/c1-3-5-7-9-11-13-16(14(15)17)12-10-8-6-4-2/h3-13H2,1-2H3,(H2,15,17). The van der Waals surface area contributed by atoms with Crippen LogP contribution in [0.1, 0.15) is 71.6 Å². The maximum atomic E-state index is 11.2. The van der Waals surface area contributed by atoms with E-state index >= 15 is 0 Å². The molecule has 0 unspecified atom stereocenters. The molecule has 0 atom stereocenters. The van der Waals surface area contributed by atoms with E-state index in [0.29, 0.717) is 0 Å². The number of nitrogens with two attached hydrogens (primary N) is 1. The van der Waals surface area contributed by atoms with Gasteiger partial charge < -0.3 is 10.6 Å². The highest BCUT2D eigenvalue weighted by molar-refractivity contribution is 5.71. The molecule has 0 aromatic heterocycles.